The second-order valence-electron chi connectivity index (χ2n) is 9.16. The number of para-hydroxylation sites is 1. The Hall–Kier alpha value is -3.68. The molecule has 1 fully saturated rings. The number of nitro groups is 1. The van der Waals surface area contributed by atoms with Crippen LogP contribution in [-0.2, 0) is 16.0 Å². The van der Waals surface area contributed by atoms with Crippen LogP contribution in [0.3, 0.4) is 0 Å². The third-order valence-corrected chi connectivity index (χ3v) is 7.02. The Labute approximate surface area is 197 Å². The maximum atomic E-state index is 13.6. The highest BCUT2D eigenvalue weighted by molar-refractivity contribution is 5.97. The van der Waals surface area contributed by atoms with Crippen LogP contribution in [0.15, 0.2) is 48.5 Å². The number of hydrogen-bond acceptors (Lipinski definition) is 4. The molecule has 2 atom stereocenters. The zero-order valence-electron chi connectivity index (χ0n) is 19.2. The molecule has 0 saturated carbocycles. The van der Waals surface area contributed by atoms with Crippen LogP contribution in [0.5, 0.6) is 0 Å². The molecule has 2 amide bonds. The Bertz CT molecular complexity index is 1270. The van der Waals surface area contributed by atoms with Crippen LogP contribution in [0.2, 0.25) is 0 Å². The van der Waals surface area contributed by atoms with Gasteiger partial charge in [-0.25, -0.2) is 0 Å². The molecule has 1 aromatic heterocycles. The Morgan fingerprint density at radius 1 is 1.09 bits per heavy atom. The van der Waals surface area contributed by atoms with E-state index in [4.69, 9.17) is 0 Å². The average Bonchev–Trinajstić information content (AvgIpc) is 3.22. The highest BCUT2D eigenvalue weighted by atomic mass is 16.6. The minimum Gasteiger partial charge on any atom is -0.356 e. The first-order valence-corrected chi connectivity index (χ1v) is 11.9. The topological polar surface area (TPSA) is 99.6 Å². The number of non-ortho nitro benzene ring substituents is 1. The number of hydrogen-bond donors (Lipinski definition) is 1. The van der Waals surface area contributed by atoms with Gasteiger partial charge in [0.2, 0.25) is 11.8 Å². The van der Waals surface area contributed by atoms with E-state index in [0.717, 1.165) is 47.8 Å². The van der Waals surface area contributed by atoms with Crippen molar-refractivity contribution < 1.29 is 14.5 Å². The molecule has 3 aromatic rings. The van der Waals surface area contributed by atoms with Crippen LogP contribution in [0.1, 0.15) is 55.5 Å². The predicted octanol–water partition coefficient (Wildman–Crippen LogP) is 4.34. The number of unbranched alkanes of at least 4 members (excludes halogenated alkanes) is 3. The molecule has 8 nitrogen and oxygen atoms in total. The molecule has 0 bridgehead atoms. The summed E-state index contributed by atoms with van der Waals surface area (Å²) in [5, 5.41) is 12.5. The van der Waals surface area contributed by atoms with Crippen molar-refractivity contribution in [3.8, 4) is 0 Å². The van der Waals surface area contributed by atoms with Gasteiger partial charge in [-0.1, -0.05) is 56.5 Å². The summed E-state index contributed by atoms with van der Waals surface area (Å²) in [6.45, 7) is 2.77. The Morgan fingerprint density at radius 3 is 2.71 bits per heavy atom. The molecule has 0 aliphatic carbocycles. The van der Waals surface area contributed by atoms with Gasteiger partial charge in [-0.05, 0) is 23.6 Å². The smallest absolute Gasteiger partial charge is 0.269 e. The average molecular weight is 461 g/mol. The zero-order valence-corrected chi connectivity index (χ0v) is 19.2. The molecule has 2 aliphatic rings. The van der Waals surface area contributed by atoms with Gasteiger partial charge in [0.25, 0.3) is 5.69 Å². The maximum absolute atomic E-state index is 13.6. The zero-order chi connectivity index (χ0) is 23.8. The lowest BCUT2D eigenvalue weighted by atomic mass is 9.86. The summed E-state index contributed by atoms with van der Waals surface area (Å²) < 4.78 is 0. The van der Waals surface area contributed by atoms with E-state index >= 15 is 0 Å². The molecule has 1 N–H and O–H groups in total. The normalized spacial score (nSPS) is 19.9. The molecule has 0 radical (unpaired) electrons. The molecule has 176 valence electrons. The molecule has 0 spiro atoms. The minimum atomic E-state index is -0.622. The molecule has 2 aromatic carbocycles. The predicted molar refractivity (Wildman–Crippen MR) is 128 cm³/mol. The van der Waals surface area contributed by atoms with Crippen LogP contribution in [-0.4, -0.2) is 50.7 Å². The van der Waals surface area contributed by atoms with Crippen molar-refractivity contribution in [2.75, 3.05) is 13.1 Å². The Balaban J connectivity index is 1.59. The van der Waals surface area contributed by atoms with Crippen molar-refractivity contribution in [3.05, 3.63) is 75.5 Å². The van der Waals surface area contributed by atoms with Gasteiger partial charge in [-0.15, -0.1) is 0 Å². The third-order valence-electron chi connectivity index (χ3n) is 7.02. The van der Waals surface area contributed by atoms with Crippen molar-refractivity contribution in [3.63, 3.8) is 0 Å². The fraction of sp³-hybridized carbons (Fsp3) is 0.385. The monoisotopic (exact) mass is 460 g/mol. The molecular formula is C26H28N4O4. The van der Waals surface area contributed by atoms with Crippen LogP contribution in [0, 0.1) is 10.1 Å². The highest BCUT2D eigenvalue weighted by Gasteiger charge is 2.48. The summed E-state index contributed by atoms with van der Waals surface area (Å²) in [7, 11) is 0. The van der Waals surface area contributed by atoms with Crippen LogP contribution >= 0.6 is 0 Å². The standard InChI is InChI=1S/C26H28N4O4/c1-2-3-4-7-13-28-16-23(31)29-22(26(28)32)15-20-19-11-5-6-12-21(19)27-24(20)25(29)17-9-8-10-18(14-17)30(33)34/h5-6,8-12,14,22,25,27H,2-4,7,13,15-16H2,1H3. The van der Waals surface area contributed by atoms with Crippen molar-refractivity contribution >= 4 is 28.4 Å². The number of aromatic nitrogens is 1. The lowest BCUT2D eigenvalue weighted by molar-refractivity contribution is -0.384. The highest BCUT2D eigenvalue weighted by Crippen LogP contribution is 2.43. The molecule has 1 saturated heterocycles. The lowest BCUT2D eigenvalue weighted by Gasteiger charge is -2.47. The summed E-state index contributed by atoms with van der Waals surface area (Å²) in [4.78, 5) is 44.9. The van der Waals surface area contributed by atoms with E-state index in [1.807, 2.05) is 24.3 Å². The Morgan fingerprint density at radius 2 is 1.91 bits per heavy atom. The first-order chi connectivity index (χ1) is 16.5. The van der Waals surface area contributed by atoms with E-state index in [-0.39, 0.29) is 24.0 Å². The first-order valence-electron chi connectivity index (χ1n) is 11.9. The summed E-state index contributed by atoms with van der Waals surface area (Å²) in [6, 6.07) is 13.1. The largest absolute Gasteiger partial charge is 0.356 e. The molecular weight excluding hydrogens is 432 g/mol. The Kier molecular flexibility index (Phi) is 5.81. The summed E-state index contributed by atoms with van der Waals surface area (Å²) in [5.41, 5.74) is 3.35. The first kappa shape index (κ1) is 22.1. The van der Waals surface area contributed by atoms with E-state index in [1.165, 1.54) is 12.1 Å². The van der Waals surface area contributed by atoms with Crippen molar-refractivity contribution in [2.24, 2.45) is 0 Å². The minimum absolute atomic E-state index is 0.0365. The van der Waals surface area contributed by atoms with Gasteiger partial charge in [0.15, 0.2) is 0 Å². The van der Waals surface area contributed by atoms with Crippen molar-refractivity contribution in [2.45, 2.75) is 51.1 Å². The molecule has 2 aliphatic heterocycles. The molecule has 5 rings (SSSR count). The van der Waals surface area contributed by atoms with Gasteiger partial charge in [0.1, 0.15) is 6.04 Å². The van der Waals surface area contributed by atoms with Gasteiger partial charge in [-0.2, -0.15) is 0 Å². The van der Waals surface area contributed by atoms with Crippen LogP contribution < -0.4 is 0 Å². The van der Waals surface area contributed by atoms with Gasteiger partial charge in [0, 0.05) is 41.7 Å². The number of nitrogens with zero attached hydrogens (tertiary/aromatic N) is 3. The fourth-order valence-electron chi connectivity index (χ4n) is 5.40. The number of fused-ring (bicyclic) bond motifs is 4. The molecule has 3 heterocycles. The SMILES string of the molecule is CCCCCCN1CC(=O)N2C(Cc3c([nH]c4ccccc34)C2c2cccc([N+](=O)[O-])c2)C1=O. The van der Waals surface area contributed by atoms with Crippen molar-refractivity contribution in [1.29, 1.82) is 0 Å². The third kappa shape index (κ3) is 3.73. The number of amides is 2. The molecule has 2 unspecified atom stereocenters. The number of H-pyrrole nitrogens is 1. The van der Waals surface area contributed by atoms with Gasteiger partial charge >= 0.3 is 0 Å². The molecule has 34 heavy (non-hydrogen) atoms. The fourth-order valence-corrected chi connectivity index (χ4v) is 5.40. The van der Waals surface area contributed by atoms with Crippen molar-refractivity contribution in [1.82, 2.24) is 14.8 Å². The number of piperazine rings is 1. The number of nitro benzene ring substituents is 1. The van der Waals surface area contributed by atoms with Gasteiger partial charge in [-0.3, -0.25) is 19.7 Å². The second-order valence-corrected chi connectivity index (χ2v) is 9.16. The number of aromatic amines is 1. The molecule has 8 heteroatoms. The number of nitrogens with one attached hydrogen (secondary N) is 1. The van der Waals surface area contributed by atoms with Crippen LogP contribution in [0.4, 0.5) is 5.69 Å². The van der Waals surface area contributed by atoms with E-state index in [0.29, 0.717) is 18.5 Å². The van der Waals surface area contributed by atoms with E-state index < -0.39 is 17.0 Å². The summed E-state index contributed by atoms with van der Waals surface area (Å²) in [6.07, 6.45) is 4.56. The number of carbonyl (C=O) groups is 2. The summed E-state index contributed by atoms with van der Waals surface area (Å²) in [5.74, 6) is -0.164. The second kappa shape index (κ2) is 8.93. The number of benzene rings is 2. The maximum Gasteiger partial charge on any atom is 0.269 e. The number of carbonyl (C=O) groups excluding carboxylic acids is 2. The van der Waals surface area contributed by atoms with E-state index in [2.05, 4.69) is 11.9 Å². The summed E-state index contributed by atoms with van der Waals surface area (Å²) >= 11 is 0. The number of rotatable bonds is 7. The van der Waals surface area contributed by atoms with E-state index in [1.54, 1.807) is 21.9 Å². The quantitative estimate of drug-likeness (QED) is 0.322. The van der Waals surface area contributed by atoms with Crippen LogP contribution in [0.25, 0.3) is 10.9 Å². The van der Waals surface area contributed by atoms with Gasteiger partial charge < -0.3 is 14.8 Å². The lowest BCUT2D eigenvalue weighted by Crippen LogP contribution is -2.63. The van der Waals surface area contributed by atoms with E-state index in [9.17, 15) is 19.7 Å². The van der Waals surface area contributed by atoms with Gasteiger partial charge in [0.05, 0.1) is 17.5 Å².